The van der Waals surface area contributed by atoms with Gasteiger partial charge in [-0.3, -0.25) is 5.10 Å². The molecule has 0 unspecified atom stereocenters. The average Bonchev–Trinajstić information content (AvgIpc) is 2.88. The van der Waals surface area contributed by atoms with Crippen LogP contribution in [0.5, 0.6) is 0 Å². The van der Waals surface area contributed by atoms with Crippen LogP contribution in [0.15, 0.2) is 0 Å². The van der Waals surface area contributed by atoms with Gasteiger partial charge in [0.2, 0.25) is 0 Å². The lowest BCUT2D eigenvalue weighted by atomic mass is 10.1. The molecule has 3 rings (SSSR count). The molecule has 1 aromatic rings. The summed E-state index contributed by atoms with van der Waals surface area (Å²) < 4.78 is 5.44. The summed E-state index contributed by atoms with van der Waals surface area (Å²) in [4.78, 5) is 0. The summed E-state index contributed by atoms with van der Waals surface area (Å²) in [5.41, 5.74) is 3.91. The monoisotopic (exact) mass is 178 g/mol. The van der Waals surface area contributed by atoms with E-state index in [0.717, 1.165) is 32.0 Å². The highest BCUT2D eigenvalue weighted by atomic mass is 16.5. The summed E-state index contributed by atoms with van der Waals surface area (Å²) in [6.07, 6.45) is 4.95. The quantitative estimate of drug-likeness (QED) is 0.744. The molecule has 70 valence electrons. The van der Waals surface area contributed by atoms with E-state index >= 15 is 0 Å². The van der Waals surface area contributed by atoms with Gasteiger partial charge in [0, 0.05) is 17.7 Å². The van der Waals surface area contributed by atoms with E-state index in [1.807, 2.05) is 0 Å². The van der Waals surface area contributed by atoms with Crippen molar-refractivity contribution in [1.82, 2.24) is 10.2 Å². The van der Waals surface area contributed by atoms with E-state index in [4.69, 9.17) is 4.74 Å². The summed E-state index contributed by atoms with van der Waals surface area (Å²) >= 11 is 0. The molecule has 13 heavy (non-hydrogen) atoms. The fourth-order valence-corrected chi connectivity index (χ4v) is 1.93. The molecule has 1 aromatic heterocycles. The highest BCUT2D eigenvalue weighted by molar-refractivity contribution is 5.27. The van der Waals surface area contributed by atoms with Gasteiger partial charge in [-0.25, -0.2) is 0 Å². The Hall–Kier alpha value is -0.830. The molecule has 0 bridgehead atoms. The molecular formula is C10H14N2O. The average molecular weight is 178 g/mol. The number of aromatic amines is 1. The molecule has 1 fully saturated rings. The van der Waals surface area contributed by atoms with Gasteiger partial charge in [-0.2, -0.15) is 5.10 Å². The fourth-order valence-electron chi connectivity index (χ4n) is 1.93. The van der Waals surface area contributed by atoms with Crippen LogP contribution >= 0.6 is 0 Å². The number of nitrogens with zero attached hydrogens (tertiary/aromatic N) is 1. The summed E-state index contributed by atoms with van der Waals surface area (Å²) in [6.45, 7) is 1.62. The van der Waals surface area contributed by atoms with Crippen molar-refractivity contribution < 1.29 is 4.74 Å². The van der Waals surface area contributed by atoms with Crippen molar-refractivity contribution in [2.75, 3.05) is 6.61 Å². The SMILES string of the molecule is C1Cc2[nH]nc(CC3CC3)c2CO1. The zero-order chi connectivity index (χ0) is 8.67. The molecule has 0 radical (unpaired) electrons. The van der Waals surface area contributed by atoms with Crippen molar-refractivity contribution >= 4 is 0 Å². The largest absolute Gasteiger partial charge is 0.376 e. The van der Waals surface area contributed by atoms with Crippen LogP contribution in [0.3, 0.4) is 0 Å². The Balaban J connectivity index is 1.86. The topological polar surface area (TPSA) is 37.9 Å². The standard InChI is InChI=1S/C10H14N2O/c1-2-7(1)5-10-8-6-13-4-3-9(8)11-12-10/h7H,1-6H2,(H,11,12). The van der Waals surface area contributed by atoms with E-state index in [1.165, 1.54) is 29.8 Å². The predicted molar refractivity (Wildman–Crippen MR) is 48.4 cm³/mol. The van der Waals surface area contributed by atoms with Crippen LogP contribution in [-0.4, -0.2) is 16.8 Å². The summed E-state index contributed by atoms with van der Waals surface area (Å²) in [6, 6.07) is 0. The number of hydrogen-bond donors (Lipinski definition) is 1. The lowest BCUT2D eigenvalue weighted by Gasteiger charge is -2.11. The van der Waals surface area contributed by atoms with Gasteiger partial charge in [-0.05, 0) is 25.2 Å². The number of ether oxygens (including phenoxy) is 1. The van der Waals surface area contributed by atoms with E-state index in [1.54, 1.807) is 0 Å². The van der Waals surface area contributed by atoms with Crippen molar-refractivity contribution in [1.29, 1.82) is 0 Å². The second-order valence-electron chi connectivity index (χ2n) is 4.08. The van der Waals surface area contributed by atoms with Crippen LogP contribution in [-0.2, 0) is 24.2 Å². The Labute approximate surface area is 77.5 Å². The van der Waals surface area contributed by atoms with Gasteiger partial charge in [0.15, 0.2) is 0 Å². The first kappa shape index (κ1) is 7.56. The molecule has 0 spiro atoms. The fraction of sp³-hybridized carbons (Fsp3) is 0.700. The molecule has 1 aliphatic carbocycles. The molecule has 0 atom stereocenters. The molecule has 3 heteroatoms. The molecule has 1 saturated carbocycles. The molecule has 0 amide bonds. The summed E-state index contributed by atoms with van der Waals surface area (Å²) in [5.74, 6) is 0.911. The number of hydrogen-bond acceptors (Lipinski definition) is 2. The predicted octanol–water partition coefficient (Wildman–Crippen LogP) is 1.43. The molecule has 2 heterocycles. The van der Waals surface area contributed by atoms with E-state index < -0.39 is 0 Å². The van der Waals surface area contributed by atoms with Gasteiger partial charge in [0.25, 0.3) is 0 Å². The van der Waals surface area contributed by atoms with Gasteiger partial charge in [-0.1, -0.05) is 0 Å². The smallest absolute Gasteiger partial charge is 0.0753 e. The number of rotatable bonds is 2. The highest BCUT2D eigenvalue weighted by Gasteiger charge is 2.26. The number of aromatic nitrogens is 2. The van der Waals surface area contributed by atoms with Crippen molar-refractivity contribution in [3.8, 4) is 0 Å². The normalized spacial score (nSPS) is 21.5. The van der Waals surface area contributed by atoms with Crippen molar-refractivity contribution in [2.24, 2.45) is 5.92 Å². The third-order valence-corrected chi connectivity index (χ3v) is 2.96. The molecule has 0 saturated heterocycles. The summed E-state index contributed by atoms with van der Waals surface area (Å²) in [5, 5.41) is 7.50. The van der Waals surface area contributed by atoms with Crippen LogP contribution in [0.25, 0.3) is 0 Å². The van der Waals surface area contributed by atoms with Crippen molar-refractivity contribution in [3.63, 3.8) is 0 Å². The van der Waals surface area contributed by atoms with Crippen LogP contribution < -0.4 is 0 Å². The van der Waals surface area contributed by atoms with Gasteiger partial charge in [0.1, 0.15) is 0 Å². The Morgan fingerprint density at radius 1 is 1.46 bits per heavy atom. The molecular weight excluding hydrogens is 164 g/mol. The molecule has 2 aliphatic rings. The van der Waals surface area contributed by atoms with Gasteiger partial charge < -0.3 is 4.74 Å². The zero-order valence-electron chi connectivity index (χ0n) is 7.68. The van der Waals surface area contributed by atoms with Crippen LogP contribution in [0.4, 0.5) is 0 Å². The van der Waals surface area contributed by atoms with E-state index in [9.17, 15) is 0 Å². The molecule has 1 aliphatic heterocycles. The van der Waals surface area contributed by atoms with Gasteiger partial charge in [-0.15, -0.1) is 0 Å². The Morgan fingerprint density at radius 3 is 3.23 bits per heavy atom. The second kappa shape index (κ2) is 2.84. The summed E-state index contributed by atoms with van der Waals surface area (Å²) in [7, 11) is 0. The minimum Gasteiger partial charge on any atom is -0.376 e. The second-order valence-corrected chi connectivity index (χ2v) is 4.08. The Morgan fingerprint density at radius 2 is 2.38 bits per heavy atom. The molecule has 0 aromatic carbocycles. The lowest BCUT2D eigenvalue weighted by Crippen LogP contribution is -2.09. The highest BCUT2D eigenvalue weighted by Crippen LogP contribution is 2.33. The van der Waals surface area contributed by atoms with Crippen molar-refractivity contribution in [2.45, 2.75) is 32.3 Å². The Kier molecular flexibility index (Phi) is 1.65. The van der Waals surface area contributed by atoms with Crippen LogP contribution in [0, 0.1) is 5.92 Å². The zero-order valence-corrected chi connectivity index (χ0v) is 7.68. The number of nitrogens with one attached hydrogen (secondary N) is 1. The maximum absolute atomic E-state index is 5.44. The van der Waals surface area contributed by atoms with Gasteiger partial charge >= 0.3 is 0 Å². The van der Waals surface area contributed by atoms with E-state index in [-0.39, 0.29) is 0 Å². The van der Waals surface area contributed by atoms with Crippen LogP contribution in [0.2, 0.25) is 0 Å². The van der Waals surface area contributed by atoms with E-state index in [0.29, 0.717) is 0 Å². The number of fused-ring (bicyclic) bond motifs is 1. The minimum atomic E-state index is 0.772. The first-order valence-electron chi connectivity index (χ1n) is 5.06. The molecule has 1 N–H and O–H groups in total. The van der Waals surface area contributed by atoms with Crippen molar-refractivity contribution in [3.05, 3.63) is 17.0 Å². The van der Waals surface area contributed by atoms with E-state index in [2.05, 4.69) is 10.2 Å². The third kappa shape index (κ3) is 1.37. The first-order valence-corrected chi connectivity index (χ1v) is 5.06. The number of H-pyrrole nitrogens is 1. The van der Waals surface area contributed by atoms with Gasteiger partial charge in [0.05, 0.1) is 18.9 Å². The maximum Gasteiger partial charge on any atom is 0.0753 e. The maximum atomic E-state index is 5.44. The molecule has 3 nitrogen and oxygen atoms in total. The third-order valence-electron chi connectivity index (χ3n) is 2.96. The minimum absolute atomic E-state index is 0.772. The Bertz CT molecular complexity index is 315. The van der Waals surface area contributed by atoms with Crippen LogP contribution in [0.1, 0.15) is 29.8 Å². The first-order chi connectivity index (χ1) is 6.43. The lowest BCUT2D eigenvalue weighted by molar-refractivity contribution is 0.109.